The van der Waals surface area contributed by atoms with Crippen molar-refractivity contribution in [2.75, 3.05) is 26.2 Å². The van der Waals surface area contributed by atoms with Gasteiger partial charge in [-0.3, -0.25) is 9.59 Å². The van der Waals surface area contributed by atoms with Crippen LogP contribution < -0.4 is 5.32 Å². The van der Waals surface area contributed by atoms with E-state index in [-0.39, 0.29) is 55.2 Å². The number of nitrogens with one attached hydrogen (secondary N) is 1. The summed E-state index contributed by atoms with van der Waals surface area (Å²) in [5.41, 5.74) is 1.48. The molecule has 3 amide bonds. The number of aromatic nitrogens is 1. The topological polar surface area (TPSA) is 173 Å². The van der Waals surface area contributed by atoms with Crippen LogP contribution in [0.2, 0.25) is 0 Å². The van der Waals surface area contributed by atoms with Crippen molar-refractivity contribution in [3.8, 4) is 0 Å². The molecule has 0 aliphatic carbocycles. The van der Waals surface area contributed by atoms with E-state index in [4.69, 9.17) is 5.21 Å². The van der Waals surface area contributed by atoms with Gasteiger partial charge in [0.15, 0.2) is 5.78 Å². The highest BCUT2D eigenvalue weighted by Crippen LogP contribution is 2.29. The third kappa shape index (κ3) is 10.2. The summed E-state index contributed by atoms with van der Waals surface area (Å²) >= 11 is 0. The molecular weight excluding hydrogens is 685 g/mol. The van der Waals surface area contributed by atoms with E-state index in [0.717, 1.165) is 5.56 Å². The van der Waals surface area contributed by atoms with Crippen LogP contribution in [-0.4, -0.2) is 106 Å². The van der Waals surface area contributed by atoms with Crippen LogP contribution in [0.5, 0.6) is 0 Å². The predicted octanol–water partition coefficient (Wildman–Crippen LogP) is 4.18. The van der Waals surface area contributed by atoms with Crippen LogP contribution >= 0.6 is 0 Å². The molecule has 0 radical (unpaired) electrons. The van der Waals surface area contributed by atoms with Crippen molar-refractivity contribution in [1.29, 1.82) is 0 Å². The molecule has 14 heteroatoms. The Hall–Kier alpha value is -4.66. The number of sulfonamides is 1. The van der Waals surface area contributed by atoms with Crippen LogP contribution in [0.25, 0.3) is 0 Å². The number of ketones is 1. The van der Waals surface area contributed by atoms with Gasteiger partial charge in [-0.2, -0.15) is 4.31 Å². The van der Waals surface area contributed by atoms with E-state index < -0.39 is 39.5 Å². The molecule has 0 saturated carbocycles. The van der Waals surface area contributed by atoms with Crippen molar-refractivity contribution >= 4 is 34.0 Å². The summed E-state index contributed by atoms with van der Waals surface area (Å²) in [7, 11) is -4.09. The molecule has 2 aromatic carbocycles. The number of amides is 3. The van der Waals surface area contributed by atoms with Crippen LogP contribution in [0.4, 0.5) is 4.79 Å². The van der Waals surface area contributed by atoms with E-state index >= 15 is 0 Å². The molecule has 1 aliphatic heterocycles. The lowest BCUT2D eigenvalue weighted by molar-refractivity contribution is -0.130. The van der Waals surface area contributed by atoms with Crippen LogP contribution in [0.1, 0.15) is 68.9 Å². The molecule has 1 aliphatic rings. The molecule has 3 atom stereocenters. The molecule has 3 N–H and O–H groups in total. The Bertz CT molecular complexity index is 1830. The molecule has 0 bridgehead atoms. The van der Waals surface area contributed by atoms with Gasteiger partial charge in [0, 0.05) is 33.1 Å². The summed E-state index contributed by atoms with van der Waals surface area (Å²) in [6.45, 7) is 11.4. The highest BCUT2D eigenvalue weighted by atomic mass is 32.2. The standard InChI is InChI=1S/C38H50N6O7S/c1-26(2)23-43(52(50,51)31-17-15-29(16-18-31)22-39-49)25-34(46)33(21-28-11-8-7-9-12-28)41-36(47)35(38(4,5)6)44-20-19-42(37(44)48)24-30-13-10-14-32(40-30)27(3)45/h7-18,22,26,33-35,46,49H,19-21,23-25H2,1-6H3,(H,41,47)/t33-,34+,35+/m0/s1. The van der Waals surface area contributed by atoms with Crippen molar-refractivity contribution in [1.82, 2.24) is 24.4 Å². The lowest BCUT2D eigenvalue weighted by Crippen LogP contribution is -2.59. The Labute approximate surface area is 306 Å². The van der Waals surface area contributed by atoms with E-state index in [1.165, 1.54) is 46.6 Å². The summed E-state index contributed by atoms with van der Waals surface area (Å²) in [6, 6.07) is 18.0. The lowest BCUT2D eigenvalue weighted by atomic mass is 9.84. The zero-order chi connectivity index (χ0) is 38.2. The normalized spacial score (nSPS) is 15.8. The quantitative estimate of drug-likeness (QED) is 0.0851. The number of rotatable bonds is 16. The van der Waals surface area contributed by atoms with Gasteiger partial charge in [0.2, 0.25) is 15.9 Å². The second-order valence-electron chi connectivity index (χ2n) is 14.6. The van der Waals surface area contributed by atoms with Crippen molar-refractivity contribution in [2.24, 2.45) is 16.5 Å². The van der Waals surface area contributed by atoms with Gasteiger partial charge in [0.05, 0.1) is 35.5 Å². The zero-order valence-electron chi connectivity index (χ0n) is 30.6. The van der Waals surface area contributed by atoms with Gasteiger partial charge in [-0.15, -0.1) is 0 Å². The SMILES string of the molecule is CC(=O)c1cccc(CN2CCN([C@H](C(=O)N[C@@H](Cc3ccccc3)[C@H](O)CN(CC(C)C)S(=O)(=O)c3ccc(C=NO)cc3)C(C)(C)C)C2=O)n1. The number of Topliss-reactive ketones (excluding diaryl/α,β-unsaturated/α-hetero) is 1. The molecule has 0 unspecified atom stereocenters. The Morgan fingerprint density at radius 1 is 1.00 bits per heavy atom. The number of hydrogen-bond acceptors (Lipinski definition) is 9. The molecule has 52 heavy (non-hydrogen) atoms. The van der Waals surface area contributed by atoms with Crippen LogP contribution in [0.3, 0.4) is 0 Å². The largest absolute Gasteiger partial charge is 0.411 e. The fraction of sp³-hybridized carbons (Fsp3) is 0.447. The van der Waals surface area contributed by atoms with Crippen LogP contribution in [0, 0.1) is 11.3 Å². The van der Waals surface area contributed by atoms with Gasteiger partial charge in [0.1, 0.15) is 11.7 Å². The third-order valence-corrected chi connectivity index (χ3v) is 10.6. The molecular formula is C38H50N6O7S. The first kappa shape index (κ1) is 40.1. The first-order valence-electron chi connectivity index (χ1n) is 17.3. The number of aliphatic hydroxyl groups is 1. The van der Waals surface area contributed by atoms with Gasteiger partial charge in [0.25, 0.3) is 0 Å². The van der Waals surface area contributed by atoms with Crippen molar-refractivity contribution in [3.63, 3.8) is 0 Å². The second kappa shape index (κ2) is 17.2. The van der Waals surface area contributed by atoms with Gasteiger partial charge in [-0.25, -0.2) is 18.2 Å². The maximum absolute atomic E-state index is 14.3. The van der Waals surface area contributed by atoms with Crippen molar-refractivity contribution in [2.45, 2.75) is 77.6 Å². The Balaban J connectivity index is 1.60. The molecule has 3 aromatic rings. The van der Waals surface area contributed by atoms with E-state index in [9.17, 15) is 27.9 Å². The maximum atomic E-state index is 14.3. The lowest BCUT2D eigenvalue weighted by Gasteiger charge is -2.38. The number of carbonyl (C=O) groups is 3. The summed E-state index contributed by atoms with van der Waals surface area (Å²) in [6.07, 6.45) is 0.0600. The molecule has 1 fully saturated rings. The van der Waals surface area contributed by atoms with Crippen molar-refractivity contribution in [3.05, 3.63) is 95.3 Å². The molecule has 1 saturated heterocycles. The fourth-order valence-corrected chi connectivity index (χ4v) is 7.94. The number of benzene rings is 2. The Morgan fingerprint density at radius 2 is 1.67 bits per heavy atom. The maximum Gasteiger partial charge on any atom is 0.321 e. The minimum absolute atomic E-state index is 0.00667. The zero-order valence-corrected chi connectivity index (χ0v) is 31.5. The molecule has 4 rings (SSSR count). The number of pyridine rings is 1. The number of oxime groups is 1. The monoisotopic (exact) mass is 734 g/mol. The average molecular weight is 735 g/mol. The summed E-state index contributed by atoms with van der Waals surface area (Å²) in [5.74, 6) is -0.737. The minimum Gasteiger partial charge on any atom is -0.411 e. The van der Waals surface area contributed by atoms with E-state index in [0.29, 0.717) is 23.5 Å². The smallest absolute Gasteiger partial charge is 0.321 e. The fourth-order valence-electron chi connectivity index (χ4n) is 6.32. The predicted molar refractivity (Wildman–Crippen MR) is 197 cm³/mol. The molecule has 280 valence electrons. The third-order valence-electron chi connectivity index (χ3n) is 8.80. The van der Waals surface area contributed by atoms with E-state index in [1.54, 1.807) is 23.1 Å². The molecule has 0 spiro atoms. The van der Waals surface area contributed by atoms with Gasteiger partial charge < -0.3 is 25.4 Å². The number of aliphatic hydroxyl groups excluding tert-OH is 1. The first-order chi connectivity index (χ1) is 24.5. The van der Waals surface area contributed by atoms with Gasteiger partial charge in [-0.05, 0) is 53.1 Å². The van der Waals surface area contributed by atoms with Gasteiger partial charge in [-0.1, -0.05) is 88.3 Å². The summed E-state index contributed by atoms with van der Waals surface area (Å²) in [5, 5.41) is 26.7. The average Bonchev–Trinajstić information content (AvgIpc) is 3.42. The highest BCUT2D eigenvalue weighted by Gasteiger charge is 2.44. The molecule has 13 nitrogen and oxygen atoms in total. The number of nitrogens with zero attached hydrogens (tertiary/aromatic N) is 5. The Morgan fingerprint density at radius 3 is 2.27 bits per heavy atom. The summed E-state index contributed by atoms with van der Waals surface area (Å²) in [4.78, 5) is 47.5. The minimum atomic E-state index is -4.09. The first-order valence-corrected chi connectivity index (χ1v) is 18.8. The highest BCUT2D eigenvalue weighted by molar-refractivity contribution is 7.89. The second-order valence-corrected chi connectivity index (χ2v) is 16.6. The van der Waals surface area contributed by atoms with Crippen molar-refractivity contribution < 1.29 is 33.1 Å². The van der Waals surface area contributed by atoms with Crippen LogP contribution in [-0.2, 0) is 27.8 Å². The number of urea groups is 1. The molecule has 1 aromatic heterocycles. The van der Waals surface area contributed by atoms with E-state index in [2.05, 4.69) is 15.5 Å². The number of hydrogen-bond donors (Lipinski definition) is 3. The van der Waals surface area contributed by atoms with E-state index in [1.807, 2.05) is 65.0 Å². The van der Waals surface area contributed by atoms with Crippen LogP contribution in [0.15, 0.2) is 82.8 Å². The number of carbonyl (C=O) groups excluding carboxylic acids is 3. The summed E-state index contributed by atoms with van der Waals surface area (Å²) < 4.78 is 29.0. The molecule has 2 heterocycles. The van der Waals surface area contributed by atoms with Gasteiger partial charge >= 0.3 is 6.03 Å². The Kier molecular flexibility index (Phi) is 13.3.